The van der Waals surface area contributed by atoms with Crippen LogP contribution in [-0.4, -0.2) is 24.6 Å². The topological polar surface area (TPSA) is 43.2 Å². The lowest BCUT2D eigenvalue weighted by molar-refractivity contribution is 0.109. The molecule has 0 N–H and O–H groups in total. The molecule has 116 valence electrons. The van der Waals surface area contributed by atoms with Crippen molar-refractivity contribution in [2.75, 3.05) is 13.2 Å². The molecule has 0 bridgehead atoms. The van der Waals surface area contributed by atoms with E-state index in [1.54, 1.807) is 0 Å². The number of hydrogen-bond acceptors (Lipinski definition) is 4. The molecule has 0 spiro atoms. The minimum Gasteiger partial charge on any atom is -0.346 e. The van der Waals surface area contributed by atoms with Crippen molar-refractivity contribution in [1.29, 1.82) is 0 Å². The maximum atomic E-state index is 5.77. The molecule has 2 aromatic carbocycles. The van der Waals surface area contributed by atoms with Crippen molar-refractivity contribution >= 4 is 11.4 Å². The molecule has 4 heteroatoms. The van der Waals surface area contributed by atoms with E-state index in [1.807, 2.05) is 60.7 Å². The van der Waals surface area contributed by atoms with Gasteiger partial charge in [0.1, 0.15) is 0 Å². The van der Waals surface area contributed by atoms with E-state index in [9.17, 15) is 0 Å². The van der Waals surface area contributed by atoms with Crippen molar-refractivity contribution in [2.24, 2.45) is 9.98 Å². The zero-order valence-electron chi connectivity index (χ0n) is 12.8. The SMILES string of the molecule is c1ccc([C@@H]2N=C(CC3=N[C@@H](c4ccccc4)OC3)CO2)cc1. The van der Waals surface area contributed by atoms with Gasteiger partial charge in [0.05, 0.1) is 13.2 Å². The van der Waals surface area contributed by atoms with Crippen LogP contribution in [0.25, 0.3) is 0 Å². The first-order valence-corrected chi connectivity index (χ1v) is 7.83. The molecule has 2 atom stereocenters. The van der Waals surface area contributed by atoms with Crippen molar-refractivity contribution in [2.45, 2.75) is 18.9 Å². The Morgan fingerprint density at radius 2 is 1.13 bits per heavy atom. The summed E-state index contributed by atoms with van der Waals surface area (Å²) in [5.74, 6) is 0. The van der Waals surface area contributed by atoms with Crippen LogP contribution in [0.3, 0.4) is 0 Å². The van der Waals surface area contributed by atoms with Crippen molar-refractivity contribution in [3.05, 3.63) is 71.8 Å². The molecule has 2 aliphatic rings. The van der Waals surface area contributed by atoms with E-state index in [2.05, 4.69) is 9.98 Å². The molecular formula is C19H18N2O2. The van der Waals surface area contributed by atoms with Crippen LogP contribution in [0.15, 0.2) is 70.6 Å². The number of aliphatic imine (C=N–C) groups is 2. The monoisotopic (exact) mass is 306 g/mol. The van der Waals surface area contributed by atoms with E-state index in [1.165, 1.54) is 0 Å². The quantitative estimate of drug-likeness (QED) is 0.864. The van der Waals surface area contributed by atoms with Gasteiger partial charge in [-0.15, -0.1) is 0 Å². The molecule has 4 nitrogen and oxygen atoms in total. The van der Waals surface area contributed by atoms with Crippen LogP contribution in [0, 0.1) is 0 Å². The Morgan fingerprint density at radius 1 is 0.696 bits per heavy atom. The number of benzene rings is 2. The normalized spacial score (nSPS) is 23.7. The summed E-state index contributed by atoms with van der Waals surface area (Å²) in [6.45, 7) is 1.13. The van der Waals surface area contributed by atoms with Gasteiger partial charge in [-0.2, -0.15) is 0 Å². The minimum atomic E-state index is -0.181. The summed E-state index contributed by atoms with van der Waals surface area (Å²) >= 11 is 0. The lowest BCUT2D eigenvalue weighted by atomic mass is 10.2. The van der Waals surface area contributed by atoms with E-state index in [0.717, 1.165) is 29.0 Å². The summed E-state index contributed by atoms with van der Waals surface area (Å²) in [5, 5.41) is 0. The second-order valence-corrected chi connectivity index (χ2v) is 5.72. The smallest absolute Gasteiger partial charge is 0.174 e. The van der Waals surface area contributed by atoms with E-state index in [4.69, 9.17) is 9.47 Å². The first-order valence-electron chi connectivity index (χ1n) is 7.83. The van der Waals surface area contributed by atoms with Crippen molar-refractivity contribution in [3.63, 3.8) is 0 Å². The molecule has 0 aliphatic carbocycles. The van der Waals surface area contributed by atoms with Gasteiger partial charge in [0.15, 0.2) is 12.5 Å². The van der Waals surface area contributed by atoms with Gasteiger partial charge in [0.2, 0.25) is 0 Å². The van der Waals surface area contributed by atoms with Gasteiger partial charge in [-0.1, -0.05) is 60.7 Å². The molecule has 0 unspecified atom stereocenters. The summed E-state index contributed by atoms with van der Waals surface area (Å²) in [5.41, 5.74) is 4.26. The Morgan fingerprint density at radius 3 is 1.57 bits per heavy atom. The fourth-order valence-corrected chi connectivity index (χ4v) is 2.84. The highest BCUT2D eigenvalue weighted by atomic mass is 16.5. The maximum absolute atomic E-state index is 5.77. The molecular weight excluding hydrogens is 288 g/mol. The summed E-state index contributed by atoms with van der Waals surface area (Å²) in [6, 6.07) is 20.2. The summed E-state index contributed by atoms with van der Waals surface area (Å²) in [6.07, 6.45) is 0.366. The van der Waals surface area contributed by atoms with Crippen LogP contribution in [0.4, 0.5) is 0 Å². The number of hydrogen-bond donors (Lipinski definition) is 0. The van der Waals surface area contributed by atoms with E-state index >= 15 is 0 Å². The van der Waals surface area contributed by atoms with Crippen LogP contribution in [0.1, 0.15) is 30.0 Å². The zero-order chi connectivity index (χ0) is 15.5. The number of rotatable bonds is 4. The zero-order valence-corrected chi connectivity index (χ0v) is 12.8. The molecule has 23 heavy (non-hydrogen) atoms. The fourth-order valence-electron chi connectivity index (χ4n) is 2.84. The first kappa shape index (κ1) is 14.3. The van der Waals surface area contributed by atoms with Gasteiger partial charge >= 0.3 is 0 Å². The minimum absolute atomic E-state index is 0.181. The highest BCUT2D eigenvalue weighted by molar-refractivity contribution is 6.06. The molecule has 2 aromatic rings. The first-order chi connectivity index (χ1) is 11.4. The predicted octanol–water partition coefficient (Wildman–Crippen LogP) is 3.72. The number of ether oxygens (including phenoxy) is 2. The Labute approximate surface area is 135 Å². The summed E-state index contributed by atoms with van der Waals surface area (Å²) in [4.78, 5) is 9.36. The average molecular weight is 306 g/mol. The van der Waals surface area contributed by atoms with Crippen LogP contribution in [0.2, 0.25) is 0 Å². The van der Waals surface area contributed by atoms with E-state index in [-0.39, 0.29) is 12.5 Å². The molecule has 0 saturated heterocycles. The van der Waals surface area contributed by atoms with Crippen molar-refractivity contribution < 1.29 is 9.47 Å². The number of nitrogens with zero attached hydrogens (tertiary/aromatic N) is 2. The second-order valence-electron chi connectivity index (χ2n) is 5.72. The molecule has 0 aromatic heterocycles. The lowest BCUT2D eigenvalue weighted by Crippen LogP contribution is -2.10. The average Bonchev–Trinajstić information content (AvgIpc) is 3.27. The molecule has 0 saturated carbocycles. The Hall–Kier alpha value is -2.30. The Bertz CT molecular complexity index is 662. The van der Waals surface area contributed by atoms with Crippen LogP contribution >= 0.6 is 0 Å². The van der Waals surface area contributed by atoms with Gasteiger partial charge in [-0.3, -0.25) is 9.98 Å². The third kappa shape index (κ3) is 3.23. The largest absolute Gasteiger partial charge is 0.346 e. The summed E-state index contributed by atoms with van der Waals surface area (Å²) < 4.78 is 11.5. The molecule has 4 rings (SSSR count). The van der Waals surface area contributed by atoms with Gasteiger partial charge < -0.3 is 9.47 Å². The molecule has 0 radical (unpaired) electrons. The van der Waals surface area contributed by atoms with Gasteiger partial charge in [-0.05, 0) is 0 Å². The van der Waals surface area contributed by atoms with Crippen molar-refractivity contribution in [3.8, 4) is 0 Å². The lowest BCUT2D eigenvalue weighted by Gasteiger charge is -2.05. The molecule has 0 amide bonds. The van der Waals surface area contributed by atoms with Crippen LogP contribution in [-0.2, 0) is 9.47 Å². The van der Waals surface area contributed by atoms with Gasteiger partial charge in [0, 0.05) is 29.0 Å². The van der Waals surface area contributed by atoms with Gasteiger partial charge in [-0.25, -0.2) is 0 Å². The third-order valence-electron chi connectivity index (χ3n) is 3.99. The van der Waals surface area contributed by atoms with Gasteiger partial charge in [0.25, 0.3) is 0 Å². The van der Waals surface area contributed by atoms with Crippen LogP contribution < -0.4 is 0 Å². The predicted molar refractivity (Wildman–Crippen MR) is 89.8 cm³/mol. The molecule has 0 fully saturated rings. The Balaban J connectivity index is 1.43. The van der Waals surface area contributed by atoms with Crippen molar-refractivity contribution in [1.82, 2.24) is 0 Å². The molecule has 2 heterocycles. The summed E-state index contributed by atoms with van der Waals surface area (Å²) in [7, 11) is 0. The van der Waals surface area contributed by atoms with E-state index in [0.29, 0.717) is 13.2 Å². The fraction of sp³-hybridized carbons (Fsp3) is 0.263. The standard InChI is InChI=1S/C19H18N2O2/c1-3-7-14(8-4-1)18-20-16(12-22-18)11-17-13-23-19(21-17)15-9-5-2-6-10-15/h1-10,18-19H,11-13H2/t18-,19-/m1/s1. The molecule has 2 aliphatic heterocycles. The maximum Gasteiger partial charge on any atom is 0.174 e. The second kappa shape index (κ2) is 6.44. The third-order valence-corrected chi connectivity index (χ3v) is 3.99. The highest BCUT2D eigenvalue weighted by Crippen LogP contribution is 2.27. The van der Waals surface area contributed by atoms with E-state index < -0.39 is 0 Å². The highest BCUT2D eigenvalue weighted by Gasteiger charge is 2.24. The van der Waals surface area contributed by atoms with Crippen LogP contribution in [0.5, 0.6) is 0 Å². The Kier molecular flexibility index (Phi) is 4.01.